The average molecular weight is 293 g/mol. The molecule has 21 heavy (non-hydrogen) atoms. The van der Waals surface area contributed by atoms with Crippen molar-refractivity contribution >= 4 is 5.91 Å². The molecule has 1 aromatic heterocycles. The van der Waals surface area contributed by atoms with Gasteiger partial charge in [0, 0.05) is 12.2 Å². The summed E-state index contributed by atoms with van der Waals surface area (Å²) in [5.41, 5.74) is 6.41. The molecular formula is C15H27N5O. The second-order valence-electron chi connectivity index (χ2n) is 5.96. The molecule has 6 nitrogen and oxygen atoms in total. The second-order valence-corrected chi connectivity index (χ2v) is 5.96. The van der Waals surface area contributed by atoms with Crippen LogP contribution in [-0.4, -0.2) is 33.5 Å². The summed E-state index contributed by atoms with van der Waals surface area (Å²) in [4.78, 5) is 12.3. The quantitative estimate of drug-likeness (QED) is 0.747. The standard InChI is InChI=1S/C15H27N5O/c1-12(15(21)17-13-7-3-2-4-8-13)20-11-14(18-19-20)9-5-6-10-16/h11-13H,2-10,16H2,1H3,(H,17,21). The van der Waals surface area contributed by atoms with Crippen LogP contribution in [0.15, 0.2) is 6.20 Å². The molecular weight excluding hydrogens is 266 g/mol. The summed E-state index contributed by atoms with van der Waals surface area (Å²) in [6, 6.07) is 0.0314. The molecule has 1 atom stereocenters. The molecule has 1 fully saturated rings. The van der Waals surface area contributed by atoms with E-state index in [1.165, 1.54) is 19.3 Å². The van der Waals surface area contributed by atoms with E-state index >= 15 is 0 Å². The smallest absolute Gasteiger partial charge is 0.244 e. The van der Waals surface area contributed by atoms with Crippen LogP contribution in [-0.2, 0) is 11.2 Å². The molecule has 3 N–H and O–H groups in total. The number of nitrogens with two attached hydrogens (primary N) is 1. The summed E-state index contributed by atoms with van der Waals surface area (Å²) >= 11 is 0. The highest BCUT2D eigenvalue weighted by Gasteiger charge is 2.21. The zero-order valence-electron chi connectivity index (χ0n) is 12.9. The number of carbonyl (C=O) groups is 1. The molecule has 0 saturated heterocycles. The van der Waals surface area contributed by atoms with E-state index < -0.39 is 0 Å². The van der Waals surface area contributed by atoms with Gasteiger partial charge in [0.15, 0.2) is 0 Å². The first-order valence-corrected chi connectivity index (χ1v) is 8.12. The van der Waals surface area contributed by atoms with Crippen LogP contribution in [0.25, 0.3) is 0 Å². The number of carbonyl (C=O) groups excluding carboxylic acids is 1. The van der Waals surface area contributed by atoms with Crippen molar-refractivity contribution in [3.05, 3.63) is 11.9 Å². The molecule has 0 bridgehead atoms. The second kappa shape index (κ2) is 8.12. The molecule has 0 radical (unpaired) electrons. The predicted octanol–water partition coefficient (Wildman–Crippen LogP) is 1.57. The van der Waals surface area contributed by atoms with E-state index in [-0.39, 0.29) is 11.9 Å². The number of unbranched alkanes of at least 4 members (excludes halogenated alkanes) is 1. The molecule has 1 aliphatic rings. The lowest BCUT2D eigenvalue weighted by Gasteiger charge is -2.24. The van der Waals surface area contributed by atoms with Crippen LogP contribution in [0.3, 0.4) is 0 Å². The number of hydrogen-bond donors (Lipinski definition) is 2. The number of aromatic nitrogens is 3. The summed E-state index contributed by atoms with van der Waals surface area (Å²) < 4.78 is 1.66. The van der Waals surface area contributed by atoms with Gasteiger partial charge in [0.25, 0.3) is 0 Å². The van der Waals surface area contributed by atoms with Gasteiger partial charge in [-0.3, -0.25) is 4.79 Å². The maximum atomic E-state index is 12.3. The van der Waals surface area contributed by atoms with E-state index in [2.05, 4.69) is 15.6 Å². The summed E-state index contributed by atoms with van der Waals surface area (Å²) in [7, 11) is 0. The molecule has 0 spiro atoms. The first-order chi connectivity index (χ1) is 10.2. The monoisotopic (exact) mass is 293 g/mol. The third-order valence-corrected chi connectivity index (χ3v) is 4.17. The van der Waals surface area contributed by atoms with Gasteiger partial charge in [-0.15, -0.1) is 5.10 Å². The van der Waals surface area contributed by atoms with Gasteiger partial charge in [0.05, 0.1) is 5.69 Å². The Bertz CT molecular complexity index is 439. The summed E-state index contributed by atoms with van der Waals surface area (Å²) in [6.45, 7) is 2.57. The summed E-state index contributed by atoms with van der Waals surface area (Å²) in [5, 5.41) is 11.3. The minimum atomic E-state index is -0.303. The Morgan fingerprint density at radius 3 is 2.90 bits per heavy atom. The average Bonchev–Trinajstić information content (AvgIpc) is 2.96. The molecule has 1 amide bonds. The zero-order chi connectivity index (χ0) is 15.1. The van der Waals surface area contributed by atoms with Gasteiger partial charge in [-0.2, -0.15) is 0 Å². The fraction of sp³-hybridized carbons (Fsp3) is 0.800. The van der Waals surface area contributed by atoms with Crippen LogP contribution in [0.2, 0.25) is 0 Å². The first-order valence-electron chi connectivity index (χ1n) is 8.12. The van der Waals surface area contributed by atoms with Crippen molar-refractivity contribution < 1.29 is 4.79 Å². The van der Waals surface area contributed by atoms with Crippen LogP contribution in [0.4, 0.5) is 0 Å². The summed E-state index contributed by atoms with van der Waals surface area (Å²) in [5.74, 6) is 0.0420. The van der Waals surface area contributed by atoms with Crippen molar-refractivity contribution in [2.75, 3.05) is 6.54 Å². The Kier molecular flexibility index (Phi) is 6.17. The van der Waals surface area contributed by atoms with E-state index in [1.807, 2.05) is 13.1 Å². The van der Waals surface area contributed by atoms with Crippen molar-refractivity contribution in [1.82, 2.24) is 20.3 Å². The highest BCUT2D eigenvalue weighted by Crippen LogP contribution is 2.18. The van der Waals surface area contributed by atoms with Gasteiger partial charge in [-0.25, -0.2) is 4.68 Å². The van der Waals surface area contributed by atoms with Gasteiger partial charge in [0.1, 0.15) is 6.04 Å². The lowest BCUT2D eigenvalue weighted by molar-refractivity contribution is -0.125. The Labute approximate surface area is 126 Å². The SMILES string of the molecule is CC(C(=O)NC1CCCCC1)n1cc(CCCCN)nn1. The van der Waals surface area contributed by atoms with Crippen LogP contribution < -0.4 is 11.1 Å². The lowest BCUT2D eigenvalue weighted by atomic mass is 9.95. The van der Waals surface area contributed by atoms with Crippen molar-refractivity contribution in [2.24, 2.45) is 5.73 Å². The van der Waals surface area contributed by atoms with E-state index in [1.54, 1.807) is 4.68 Å². The van der Waals surface area contributed by atoms with Gasteiger partial charge in [0.2, 0.25) is 5.91 Å². The molecule has 1 aromatic rings. The molecule has 1 aliphatic carbocycles. The van der Waals surface area contributed by atoms with Gasteiger partial charge < -0.3 is 11.1 Å². The highest BCUT2D eigenvalue weighted by molar-refractivity contribution is 5.80. The maximum Gasteiger partial charge on any atom is 0.244 e. The number of nitrogens with zero attached hydrogens (tertiary/aromatic N) is 3. The van der Waals surface area contributed by atoms with Crippen molar-refractivity contribution in [2.45, 2.75) is 70.4 Å². The molecule has 0 aliphatic heterocycles. The van der Waals surface area contributed by atoms with Gasteiger partial charge in [-0.1, -0.05) is 24.5 Å². The normalized spacial score (nSPS) is 17.6. The topological polar surface area (TPSA) is 85.8 Å². The molecule has 2 rings (SSSR count). The first kappa shape index (κ1) is 15.9. The van der Waals surface area contributed by atoms with E-state index in [9.17, 15) is 4.79 Å². The van der Waals surface area contributed by atoms with Crippen LogP contribution >= 0.6 is 0 Å². The largest absolute Gasteiger partial charge is 0.352 e. The Balaban J connectivity index is 1.83. The third kappa shape index (κ3) is 4.81. The fourth-order valence-corrected chi connectivity index (χ4v) is 2.76. The number of amides is 1. The van der Waals surface area contributed by atoms with Gasteiger partial charge in [-0.05, 0) is 45.6 Å². The minimum Gasteiger partial charge on any atom is -0.352 e. The van der Waals surface area contributed by atoms with E-state index in [0.29, 0.717) is 12.6 Å². The third-order valence-electron chi connectivity index (χ3n) is 4.17. The predicted molar refractivity (Wildman–Crippen MR) is 81.7 cm³/mol. The van der Waals surface area contributed by atoms with Crippen molar-refractivity contribution in [1.29, 1.82) is 0 Å². The van der Waals surface area contributed by atoms with Crippen LogP contribution in [0, 0.1) is 0 Å². The molecule has 0 aromatic carbocycles. The number of aryl methyl sites for hydroxylation is 1. The highest BCUT2D eigenvalue weighted by atomic mass is 16.2. The van der Waals surface area contributed by atoms with Gasteiger partial charge >= 0.3 is 0 Å². The molecule has 1 saturated carbocycles. The number of hydrogen-bond acceptors (Lipinski definition) is 4. The number of rotatable bonds is 7. The fourth-order valence-electron chi connectivity index (χ4n) is 2.76. The van der Waals surface area contributed by atoms with Crippen molar-refractivity contribution in [3.63, 3.8) is 0 Å². The number of nitrogens with one attached hydrogen (secondary N) is 1. The summed E-state index contributed by atoms with van der Waals surface area (Å²) in [6.07, 6.45) is 10.7. The Morgan fingerprint density at radius 1 is 1.43 bits per heavy atom. The molecule has 6 heteroatoms. The van der Waals surface area contributed by atoms with Crippen molar-refractivity contribution in [3.8, 4) is 0 Å². The maximum absolute atomic E-state index is 12.3. The molecule has 1 heterocycles. The van der Waals surface area contributed by atoms with E-state index in [0.717, 1.165) is 37.8 Å². The Morgan fingerprint density at radius 2 is 2.19 bits per heavy atom. The lowest BCUT2D eigenvalue weighted by Crippen LogP contribution is -2.40. The zero-order valence-corrected chi connectivity index (χ0v) is 12.9. The van der Waals surface area contributed by atoms with Crippen LogP contribution in [0.5, 0.6) is 0 Å². The van der Waals surface area contributed by atoms with E-state index in [4.69, 9.17) is 5.73 Å². The Hall–Kier alpha value is -1.43. The molecule has 1 unspecified atom stereocenters. The van der Waals surface area contributed by atoms with Crippen LogP contribution in [0.1, 0.15) is 63.6 Å². The molecule has 118 valence electrons. The minimum absolute atomic E-state index is 0.0420.